The van der Waals surface area contributed by atoms with Gasteiger partial charge in [0.05, 0.1) is 22.9 Å². The van der Waals surface area contributed by atoms with Crippen LogP contribution < -0.4 is 0 Å². The van der Waals surface area contributed by atoms with Crippen molar-refractivity contribution in [3.05, 3.63) is 60.4 Å². The maximum atomic E-state index is 11.8. The summed E-state index contributed by atoms with van der Waals surface area (Å²) in [4.78, 5) is 9.73. The maximum Gasteiger partial charge on any atom is 0.151 e. The molecule has 0 amide bonds. The molecule has 7 heteroatoms. The Labute approximate surface area is 171 Å². The molecule has 4 heterocycles. The van der Waals surface area contributed by atoms with Crippen molar-refractivity contribution in [3.8, 4) is 11.3 Å². The molecule has 1 unspecified atom stereocenters. The van der Waals surface area contributed by atoms with E-state index >= 15 is 0 Å². The third-order valence-electron chi connectivity index (χ3n) is 6.18. The van der Waals surface area contributed by atoms with Crippen molar-refractivity contribution >= 4 is 15.5 Å². The number of benzene rings is 1. The Morgan fingerprint density at radius 3 is 2.45 bits per heavy atom. The number of piperazine rings is 1. The van der Waals surface area contributed by atoms with E-state index < -0.39 is 9.84 Å². The second-order valence-electron chi connectivity index (χ2n) is 8.07. The fourth-order valence-corrected chi connectivity index (χ4v) is 6.35. The number of hydrogen-bond donors (Lipinski definition) is 0. The van der Waals surface area contributed by atoms with Crippen LogP contribution in [0.5, 0.6) is 0 Å². The number of pyridine rings is 1. The van der Waals surface area contributed by atoms with Gasteiger partial charge in [-0.3, -0.25) is 9.80 Å². The number of imidazole rings is 1. The van der Waals surface area contributed by atoms with Gasteiger partial charge in [0.25, 0.3) is 0 Å². The van der Waals surface area contributed by atoms with Crippen LogP contribution in [0.4, 0.5) is 0 Å². The van der Waals surface area contributed by atoms with Gasteiger partial charge >= 0.3 is 0 Å². The fourth-order valence-electron chi connectivity index (χ4n) is 4.59. The molecule has 0 saturated carbocycles. The number of rotatable bonds is 4. The highest BCUT2D eigenvalue weighted by atomic mass is 32.2. The van der Waals surface area contributed by atoms with Crippen molar-refractivity contribution in [1.82, 2.24) is 19.2 Å². The van der Waals surface area contributed by atoms with Crippen LogP contribution in [-0.2, 0) is 16.4 Å². The summed E-state index contributed by atoms with van der Waals surface area (Å²) in [5.74, 6) is 0.679. The molecule has 2 saturated heterocycles. The van der Waals surface area contributed by atoms with Crippen LogP contribution in [0.3, 0.4) is 0 Å². The summed E-state index contributed by atoms with van der Waals surface area (Å²) in [6.07, 6.45) is 2.87. The molecule has 3 aromatic rings. The van der Waals surface area contributed by atoms with E-state index in [2.05, 4.69) is 50.7 Å². The summed E-state index contributed by atoms with van der Waals surface area (Å²) < 4.78 is 25.8. The summed E-state index contributed by atoms with van der Waals surface area (Å²) in [6.45, 7) is 4.59. The van der Waals surface area contributed by atoms with Gasteiger partial charge in [-0.25, -0.2) is 13.4 Å². The molecule has 2 aromatic heterocycles. The quantitative estimate of drug-likeness (QED) is 0.661. The Hall–Kier alpha value is -2.22. The lowest BCUT2D eigenvalue weighted by Crippen LogP contribution is -2.50. The molecule has 5 rings (SSSR count). The van der Waals surface area contributed by atoms with Gasteiger partial charge in [0.15, 0.2) is 9.84 Å². The first-order chi connectivity index (χ1) is 14.1. The number of hydrogen-bond acceptors (Lipinski definition) is 5. The molecule has 1 atom stereocenters. The highest BCUT2D eigenvalue weighted by molar-refractivity contribution is 7.91. The van der Waals surface area contributed by atoms with Crippen LogP contribution in [0.1, 0.15) is 12.1 Å². The average molecular weight is 411 g/mol. The Balaban J connectivity index is 1.35. The lowest BCUT2D eigenvalue weighted by atomic mass is 10.1. The Kier molecular flexibility index (Phi) is 4.89. The first-order valence-corrected chi connectivity index (χ1v) is 12.1. The summed E-state index contributed by atoms with van der Waals surface area (Å²) in [5, 5.41) is 0. The van der Waals surface area contributed by atoms with E-state index in [-0.39, 0.29) is 6.04 Å². The fraction of sp³-hybridized carbons (Fsp3) is 0.409. The van der Waals surface area contributed by atoms with Crippen molar-refractivity contribution in [2.24, 2.45) is 0 Å². The molecule has 0 bridgehead atoms. The van der Waals surface area contributed by atoms with E-state index in [4.69, 9.17) is 4.98 Å². The van der Waals surface area contributed by atoms with Gasteiger partial charge < -0.3 is 4.40 Å². The molecular weight excluding hydrogens is 384 g/mol. The average Bonchev–Trinajstić information content (AvgIpc) is 3.29. The normalized spacial score (nSPS) is 23.0. The van der Waals surface area contributed by atoms with Crippen LogP contribution in [0.25, 0.3) is 16.9 Å². The number of sulfone groups is 1. The van der Waals surface area contributed by atoms with Crippen LogP contribution in [0.2, 0.25) is 0 Å². The summed E-state index contributed by atoms with van der Waals surface area (Å²) in [7, 11) is -2.83. The van der Waals surface area contributed by atoms with E-state index in [1.807, 2.05) is 18.2 Å². The molecule has 1 aromatic carbocycles. The number of nitrogens with zero attached hydrogens (tertiary/aromatic N) is 4. The molecule has 29 heavy (non-hydrogen) atoms. The molecule has 152 valence electrons. The Morgan fingerprint density at radius 2 is 1.72 bits per heavy atom. The first kappa shape index (κ1) is 18.8. The van der Waals surface area contributed by atoms with Crippen LogP contribution in [0, 0.1) is 0 Å². The molecule has 2 fully saturated rings. The highest BCUT2D eigenvalue weighted by Gasteiger charge is 2.33. The number of aromatic nitrogens is 2. The minimum absolute atomic E-state index is 0.206. The SMILES string of the molecule is O=S1(=O)CCC(N2CCN(Cc3c(-c4ccccc4)nc4ccccn34)CC2)C1. The van der Waals surface area contributed by atoms with Crippen molar-refractivity contribution in [3.63, 3.8) is 0 Å². The van der Waals surface area contributed by atoms with Crippen molar-refractivity contribution in [2.45, 2.75) is 19.0 Å². The zero-order valence-corrected chi connectivity index (χ0v) is 17.3. The minimum atomic E-state index is -2.83. The van der Waals surface area contributed by atoms with Gasteiger partial charge in [-0.15, -0.1) is 0 Å². The van der Waals surface area contributed by atoms with Crippen molar-refractivity contribution in [2.75, 3.05) is 37.7 Å². The van der Waals surface area contributed by atoms with Crippen LogP contribution in [0.15, 0.2) is 54.7 Å². The lowest BCUT2D eigenvalue weighted by Gasteiger charge is -2.37. The first-order valence-electron chi connectivity index (χ1n) is 10.3. The standard InChI is InChI=1S/C22H26N4O2S/c27-29(28)15-9-19(17-29)25-13-11-24(12-14-25)16-20-22(18-6-2-1-3-7-18)23-21-8-4-5-10-26(20)21/h1-8,10,19H,9,11-17H2. The molecule has 6 nitrogen and oxygen atoms in total. The van der Waals surface area contributed by atoms with Gasteiger partial charge in [-0.2, -0.15) is 0 Å². The zero-order valence-electron chi connectivity index (χ0n) is 16.4. The monoisotopic (exact) mass is 410 g/mol. The van der Waals surface area contributed by atoms with E-state index in [1.54, 1.807) is 0 Å². The van der Waals surface area contributed by atoms with E-state index in [1.165, 1.54) is 5.69 Å². The topological polar surface area (TPSA) is 57.9 Å². The van der Waals surface area contributed by atoms with E-state index in [9.17, 15) is 8.42 Å². The third-order valence-corrected chi connectivity index (χ3v) is 7.93. The van der Waals surface area contributed by atoms with Gasteiger partial charge in [0, 0.05) is 50.5 Å². The Bertz CT molecular complexity index is 1100. The van der Waals surface area contributed by atoms with Crippen LogP contribution >= 0.6 is 0 Å². The Morgan fingerprint density at radius 1 is 0.966 bits per heavy atom. The smallest absolute Gasteiger partial charge is 0.151 e. The summed E-state index contributed by atoms with van der Waals surface area (Å²) in [5.41, 5.74) is 4.36. The van der Waals surface area contributed by atoms with Gasteiger partial charge in [0.2, 0.25) is 0 Å². The van der Waals surface area contributed by atoms with Crippen molar-refractivity contribution in [1.29, 1.82) is 0 Å². The van der Waals surface area contributed by atoms with Gasteiger partial charge in [-0.1, -0.05) is 36.4 Å². The van der Waals surface area contributed by atoms with Crippen molar-refractivity contribution < 1.29 is 8.42 Å². The predicted octanol–water partition coefficient (Wildman–Crippen LogP) is 2.31. The predicted molar refractivity (Wildman–Crippen MR) is 115 cm³/mol. The largest absolute Gasteiger partial charge is 0.302 e. The van der Waals surface area contributed by atoms with E-state index in [0.717, 1.165) is 56.0 Å². The second-order valence-corrected chi connectivity index (χ2v) is 10.3. The molecule has 0 N–H and O–H groups in total. The van der Waals surface area contributed by atoms with Gasteiger partial charge in [0.1, 0.15) is 5.65 Å². The third kappa shape index (κ3) is 3.82. The second kappa shape index (κ2) is 7.55. The maximum absolute atomic E-state index is 11.8. The van der Waals surface area contributed by atoms with Crippen LogP contribution in [-0.4, -0.2) is 71.3 Å². The molecule has 0 aliphatic carbocycles. The highest BCUT2D eigenvalue weighted by Crippen LogP contribution is 2.26. The molecule has 2 aliphatic heterocycles. The van der Waals surface area contributed by atoms with Gasteiger partial charge in [-0.05, 0) is 18.6 Å². The summed E-state index contributed by atoms with van der Waals surface area (Å²) in [6, 6.07) is 16.7. The minimum Gasteiger partial charge on any atom is -0.302 e. The molecule has 0 spiro atoms. The lowest BCUT2D eigenvalue weighted by molar-refractivity contribution is 0.0992. The molecular formula is C22H26N4O2S. The summed E-state index contributed by atoms with van der Waals surface area (Å²) >= 11 is 0. The van der Waals surface area contributed by atoms with E-state index in [0.29, 0.717) is 11.5 Å². The zero-order chi connectivity index (χ0) is 19.8. The molecule has 0 radical (unpaired) electrons. The molecule has 2 aliphatic rings. The number of fused-ring (bicyclic) bond motifs is 1.